The van der Waals surface area contributed by atoms with E-state index in [1.54, 1.807) is 23.9 Å². The topological polar surface area (TPSA) is 44.1 Å². The van der Waals surface area contributed by atoms with Gasteiger partial charge in [-0.2, -0.15) is 5.10 Å². The van der Waals surface area contributed by atoms with Gasteiger partial charge in [0.2, 0.25) is 0 Å². The van der Waals surface area contributed by atoms with Crippen LogP contribution in [0.1, 0.15) is 29.4 Å². The van der Waals surface area contributed by atoms with Crippen LogP contribution in [0.5, 0.6) is 5.75 Å². The Kier molecular flexibility index (Phi) is 4.30. The molecule has 7 heteroatoms. The van der Waals surface area contributed by atoms with Gasteiger partial charge in [0.25, 0.3) is 0 Å². The Morgan fingerprint density at radius 1 is 1.24 bits per heavy atom. The zero-order chi connectivity index (χ0) is 15.5. The van der Waals surface area contributed by atoms with Crippen molar-refractivity contribution in [1.82, 2.24) is 9.78 Å². The number of hydrogen-bond acceptors (Lipinski definition) is 3. The Bertz CT molecular complexity index is 618. The van der Waals surface area contributed by atoms with E-state index >= 15 is 0 Å². The summed E-state index contributed by atoms with van der Waals surface area (Å²) in [5.41, 5.74) is 1.14. The lowest BCUT2D eigenvalue weighted by Gasteiger charge is -2.09. The first-order chi connectivity index (χ1) is 9.87. The van der Waals surface area contributed by atoms with Crippen LogP contribution < -0.4 is 4.74 Å². The summed E-state index contributed by atoms with van der Waals surface area (Å²) in [5.74, 6) is -0.323. The van der Waals surface area contributed by atoms with E-state index in [9.17, 15) is 18.0 Å². The fourth-order valence-electron chi connectivity index (χ4n) is 1.76. The minimum atomic E-state index is -4.70. The van der Waals surface area contributed by atoms with Crippen LogP contribution in [0.3, 0.4) is 0 Å². The molecule has 0 radical (unpaired) electrons. The van der Waals surface area contributed by atoms with Crippen molar-refractivity contribution in [2.24, 2.45) is 0 Å². The lowest BCUT2D eigenvalue weighted by molar-refractivity contribution is -0.274. The molecule has 0 atom stereocenters. The van der Waals surface area contributed by atoms with Crippen molar-refractivity contribution in [2.75, 3.05) is 0 Å². The number of halogens is 3. The number of carbonyl (C=O) groups excluding carboxylic acids is 1. The third-order valence-electron chi connectivity index (χ3n) is 2.75. The van der Waals surface area contributed by atoms with Crippen LogP contribution in [0.2, 0.25) is 0 Å². The second-order valence-corrected chi connectivity index (χ2v) is 4.37. The summed E-state index contributed by atoms with van der Waals surface area (Å²) in [4.78, 5) is 11.5. The molecule has 0 fully saturated rings. The fraction of sp³-hybridized carbons (Fsp3) is 0.286. The van der Waals surface area contributed by atoms with Gasteiger partial charge in [0, 0.05) is 12.6 Å². The fourth-order valence-corrected chi connectivity index (χ4v) is 1.76. The molecule has 0 saturated heterocycles. The van der Waals surface area contributed by atoms with Gasteiger partial charge in [-0.15, -0.1) is 13.2 Å². The smallest absolute Gasteiger partial charge is 0.406 e. The van der Waals surface area contributed by atoms with Crippen LogP contribution in [0.15, 0.2) is 36.5 Å². The normalized spacial score (nSPS) is 11.4. The average Bonchev–Trinajstić information content (AvgIpc) is 2.87. The lowest BCUT2D eigenvalue weighted by Crippen LogP contribution is -2.17. The van der Waals surface area contributed by atoms with E-state index in [0.717, 1.165) is 5.56 Å². The van der Waals surface area contributed by atoms with Crippen molar-refractivity contribution in [3.63, 3.8) is 0 Å². The first-order valence-corrected chi connectivity index (χ1v) is 6.28. The minimum Gasteiger partial charge on any atom is -0.406 e. The van der Waals surface area contributed by atoms with Crippen LogP contribution in [-0.4, -0.2) is 21.9 Å². The summed E-state index contributed by atoms with van der Waals surface area (Å²) in [7, 11) is 0. The van der Waals surface area contributed by atoms with Crippen LogP contribution in [-0.2, 0) is 6.54 Å². The van der Waals surface area contributed by atoms with E-state index in [0.29, 0.717) is 18.7 Å². The Morgan fingerprint density at radius 3 is 2.48 bits per heavy atom. The van der Waals surface area contributed by atoms with Crippen molar-refractivity contribution in [1.29, 1.82) is 0 Å². The summed E-state index contributed by atoms with van der Waals surface area (Å²) >= 11 is 0. The van der Waals surface area contributed by atoms with Gasteiger partial charge in [-0.3, -0.25) is 9.48 Å². The minimum absolute atomic E-state index is 0.0531. The Hall–Kier alpha value is -2.31. The molecule has 2 aromatic rings. The maximum Gasteiger partial charge on any atom is 0.573 e. The molecular weight excluding hydrogens is 285 g/mol. The van der Waals surface area contributed by atoms with Crippen molar-refractivity contribution >= 4 is 5.78 Å². The Balaban J connectivity index is 2.03. The highest BCUT2D eigenvalue weighted by molar-refractivity contribution is 5.93. The van der Waals surface area contributed by atoms with Crippen LogP contribution in [0.25, 0.3) is 0 Å². The number of ketones is 1. The molecule has 1 aromatic carbocycles. The molecule has 0 N–H and O–H groups in total. The largest absolute Gasteiger partial charge is 0.573 e. The summed E-state index contributed by atoms with van der Waals surface area (Å²) < 4.78 is 41.4. The maximum absolute atomic E-state index is 12.0. The van der Waals surface area contributed by atoms with Gasteiger partial charge in [0.05, 0.1) is 6.54 Å². The standard InChI is InChI=1S/C14H13F3N2O2/c1-2-13(20)12-7-8-19(18-12)9-10-3-5-11(6-4-10)21-14(15,16)17/h3-8H,2,9H2,1H3. The van der Waals surface area contributed by atoms with Crippen LogP contribution in [0, 0.1) is 0 Å². The number of aromatic nitrogens is 2. The number of benzene rings is 1. The molecular formula is C14H13F3N2O2. The van der Waals surface area contributed by atoms with Gasteiger partial charge in [-0.25, -0.2) is 0 Å². The number of carbonyl (C=O) groups is 1. The zero-order valence-electron chi connectivity index (χ0n) is 11.2. The molecule has 1 heterocycles. The van der Waals surface area contributed by atoms with Gasteiger partial charge in [0.1, 0.15) is 11.4 Å². The SMILES string of the molecule is CCC(=O)c1ccn(Cc2ccc(OC(F)(F)F)cc2)n1. The maximum atomic E-state index is 12.0. The van der Waals surface area contributed by atoms with Crippen molar-refractivity contribution in [3.05, 3.63) is 47.8 Å². The highest BCUT2D eigenvalue weighted by Gasteiger charge is 2.30. The second kappa shape index (κ2) is 5.99. The Labute approximate surface area is 119 Å². The molecule has 4 nitrogen and oxygen atoms in total. The van der Waals surface area contributed by atoms with E-state index in [1.165, 1.54) is 24.3 Å². The summed E-state index contributed by atoms with van der Waals surface area (Å²) in [5, 5.41) is 4.11. The van der Waals surface area contributed by atoms with E-state index in [2.05, 4.69) is 9.84 Å². The summed E-state index contributed by atoms with van der Waals surface area (Å²) in [6.45, 7) is 2.12. The summed E-state index contributed by atoms with van der Waals surface area (Å²) in [6, 6.07) is 7.13. The molecule has 0 amide bonds. The third kappa shape index (κ3) is 4.34. The zero-order valence-corrected chi connectivity index (χ0v) is 11.2. The number of alkyl halides is 3. The quantitative estimate of drug-likeness (QED) is 0.794. The van der Waals surface area contributed by atoms with Gasteiger partial charge < -0.3 is 4.74 Å². The summed E-state index contributed by atoms with van der Waals surface area (Å²) in [6.07, 6.45) is -2.66. The lowest BCUT2D eigenvalue weighted by atomic mass is 10.2. The van der Waals surface area contributed by atoms with E-state index < -0.39 is 6.36 Å². The Morgan fingerprint density at radius 2 is 1.90 bits per heavy atom. The number of Topliss-reactive ketones (excluding diaryl/α,β-unsaturated/α-hetero) is 1. The molecule has 2 rings (SSSR count). The highest BCUT2D eigenvalue weighted by Crippen LogP contribution is 2.22. The number of rotatable bonds is 5. The van der Waals surface area contributed by atoms with E-state index in [4.69, 9.17) is 0 Å². The molecule has 0 spiro atoms. The first kappa shape index (κ1) is 15.1. The predicted octanol–water partition coefficient (Wildman–Crippen LogP) is 3.42. The van der Waals surface area contributed by atoms with Crippen LogP contribution in [0.4, 0.5) is 13.2 Å². The first-order valence-electron chi connectivity index (χ1n) is 6.28. The van der Waals surface area contributed by atoms with E-state index in [-0.39, 0.29) is 11.5 Å². The number of ether oxygens (including phenoxy) is 1. The van der Waals surface area contributed by atoms with Crippen molar-refractivity contribution in [2.45, 2.75) is 26.3 Å². The molecule has 0 aliphatic carbocycles. The van der Waals surface area contributed by atoms with Crippen LogP contribution >= 0.6 is 0 Å². The van der Waals surface area contributed by atoms with Crippen molar-refractivity contribution in [3.8, 4) is 5.75 Å². The molecule has 112 valence electrons. The van der Waals surface area contributed by atoms with Gasteiger partial charge in [-0.05, 0) is 23.8 Å². The molecule has 21 heavy (non-hydrogen) atoms. The number of hydrogen-bond donors (Lipinski definition) is 0. The molecule has 0 bridgehead atoms. The predicted molar refractivity (Wildman–Crippen MR) is 69.1 cm³/mol. The monoisotopic (exact) mass is 298 g/mol. The molecule has 0 saturated carbocycles. The molecule has 0 aliphatic rings. The average molecular weight is 298 g/mol. The molecule has 1 aromatic heterocycles. The molecule has 0 aliphatic heterocycles. The molecule has 0 unspecified atom stereocenters. The van der Waals surface area contributed by atoms with E-state index in [1.807, 2.05) is 0 Å². The van der Waals surface area contributed by atoms with Gasteiger partial charge in [0.15, 0.2) is 5.78 Å². The second-order valence-electron chi connectivity index (χ2n) is 4.37. The third-order valence-corrected chi connectivity index (χ3v) is 2.75. The van der Waals surface area contributed by atoms with Gasteiger partial charge in [-0.1, -0.05) is 19.1 Å². The number of nitrogens with zero attached hydrogens (tertiary/aromatic N) is 2. The van der Waals surface area contributed by atoms with Crippen molar-refractivity contribution < 1.29 is 22.7 Å². The highest BCUT2D eigenvalue weighted by atomic mass is 19.4. The van der Waals surface area contributed by atoms with Gasteiger partial charge >= 0.3 is 6.36 Å².